The van der Waals surface area contributed by atoms with Crippen LogP contribution in [0.2, 0.25) is 0 Å². The van der Waals surface area contributed by atoms with E-state index >= 15 is 0 Å². The number of rotatable bonds is 4. The molecule has 1 saturated carbocycles. The molecule has 1 aliphatic carbocycles. The number of aromatic nitrogens is 1. The summed E-state index contributed by atoms with van der Waals surface area (Å²) >= 11 is 0. The van der Waals surface area contributed by atoms with Crippen molar-refractivity contribution in [3.05, 3.63) is 36.4 Å². The monoisotopic (exact) mass is 325 g/mol. The fraction of sp³-hybridized carbons (Fsp3) is 0.400. The van der Waals surface area contributed by atoms with Gasteiger partial charge in [0.15, 0.2) is 11.7 Å². The fourth-order valence-electron chi connectivity index (χ4n) is 2.78. The highest BCUT2D eigenvalue weighted by atomic mass is 35.7. The van der Waals surface area contributed by atoms with Crippen molar-refractivity contribution in [2.45, 2.75) is 37.0 Å². The van der Waals surface area contributed by atoms with Gasteiger partial charge < -0.3 is 4.42 Å². The van der Waals surface area contributed by atoms with Crippen molar-refractivity contribution in [3.63, 3.8) is 0 Å². The molecule has 0 amide bonds. The van der Waals surface area contributed by atoms with Crippen molar-refractivity contribution in [3.8, 4) is 11.3 Å². The Morgan fingerprint density at radius 3 is 2.48 bits per heavy atom. The molecule has 112 valence electrons. The zero-order chi connectivity index (χ0) is 14.9. The first kappa shape index (κ1) is 14.6. The molecule has 2 aromatic rings. The van der Waals surface area contributed by atoms with Gasteiger partial charge in [0.25, 0.3) is 9.05 Å². The van der Waals surface area contributed by atoms with Crippen molar-refractivity contribution in [1.29, 1.82) is 0 Å². The first-order valence-electron chi connectivity index (χ1n) is 7.02. The van der Waals surface area contributed by atoms with E-state index in [4.69, 9.17) is 15.1 Å². The van der Waals surface area contributed by atoms with Crippen molar-refractivity contribution in [1.82, 2.24) is 4.98 Å². The van der Waals surface area contributed by atoms with Crippen molar-refractivity contribution in [2.75, 3.05) is 0 Å². The summed E-state index contributed by atoms with van der Waals surface area (Å²) in [6.45, 7) is 0. The number of hydrogen-bond acceptors (Lipinski definition) is 4. The van der Waals surface area contributed by atoms with E-state index in [1.807, 2.05) is 0 Å². The molecule has 0 spiro atoms. The van der Waals surface area contributed by atoms with Gasteiger partial charge in [0.1, 0.15) is 0 Å². The highest BCUT2D eigenvalue weighted by molar-refractivity contribution is 8.13. The molecular weight excluding hydrogens is 310 g/mol. The SMILES string of the molecule is O=S(=O)(Cl)c1ccc(-c2cnc(CC3CCCC3)o2)cc1. The van der Waals surface area contributed by atoms with Gasteiger partial charge in [-0.05, 0) is 43.0 Å². The quantitative estimate of drug-likeness (QED) is 0.797. The predicted molar refractivity (Wildman–Crippen MR) is 80.6 cm³/mol. The molecule has 0 N–H and O–H groups in total. The van der Waals surface area contributed by atoms with Gasteiger partial charge in [-0.2, -0.15) is 0 Å². The second kappa shape index (κ2) is 5.81. The number of benzene rings is 1. The second-order valence-electron chi connectivity index (χ2n) is 5.44. The van der Waals surface area contributed by atoms with Crippen LogP contribution in [0.5, 0.6) is 0 Å². The van der Waals surface area contributed by atoms with Gasteiger partial charge >= 0.3 is 0 Å². The van der Waals surface area contributed by atoms with E-state index in [1.165, 1.54) is 37.8 Å². The Hall–Kier alpha value is -1.33. The molecule has 0 aliphatic heterocycles. The van der Waals surface area contributed by atoms with E-state index in [1.54, 1.807) is 18.3 Å². The van der Waals surface area contributed by atoms with Crippen LogP contribution in [0.1, 0.15) is 31.6 Å². The Labute approximate surface area is 128 Å². The maximum Gasteiger partial charge on any atom is 0.261 e. The number of nitrogens with zero attached hydrogens (tertiary/aromatic N) is 1. The third kappa shape index (κ3) is 3.47. The summed E-state index contributed by atoms with van der Waals surface area (Å²) in [4.78, 5) is 4.40. The normalized spacial score (nSPS) is 16.4. The zero-order valence-corrected chi connectivity index (χ0v) is 13.0. The third-order valence-corrected chi connectivity index (χ3v) is 5.28. The Kier molecular flexibility index (Phi) is 4.04. The summed E-state index contributed by atoms with van der Waals surface area (Å²) in [5.74, 6) is 2.09. The highest BCUT2D eigenvalue weighted by Crippen LogP contribution is 2.29. The second-order valence-corrected chi connectivity index (χ2v) is 8.00. The lowest BCUT2D eigenvalue weighted by Gasteiger charge is -2.04. The Morgan fingerprint density at radius 2 is 1.86 bits per heavy atom. The smallest absolute Gasteiger partial charge is 0.261 e. The lowest BCUT2D eigenvalue weighted by atomic mass is 10.0. The lowest BCUT2D eigenvalue weighted by Crippen LogP contribution is -1.98. The summed E-state index contributed by atoms with van der Waals surface area (Å²) in [7, 11) is 1.61. The Balaban J connectivity index is 1.76. The number of halogens is 1. The van der Waals surface area contributed by atoms with E-state index < -0.39 is 9.05 Å². The summed E-state index contributed by atoms with van der Waals surface area (Å²) in [5.41, 5.74) is 0.796. The number of oxazole rings is 1. The molecule has 0 bridgehead atoms. The third-order valence-electron chi connectivity index (χ3n) is 3.91. The molecule has 4 nitrogen and oxygen atoms in total. The van der Waals surface area contributed by atoms with Crippen molar-refractivity contribution >= 4 is 19.7 Å². The predicted octanol–water partition coefficient (Wildman–Crippen LogP) is 4.00. The average molecular weight is 326 g/mol. The standard InChI is InChI=1S/C15H16ClNO3S/c16-21(18,19)13-7-5-12(6-8-13)14-10-17-15(20-14)9-11-3-1-2-4-11/h5-8,10-11H,1-4,9H2. The van der Waals surface area contributed by atoms with E-state index in [0.29, 0.717) is 11.7 Å². The summed E-state index contributed by atoms with van der Waals surface area (Å²) in [6, 6.07) is 6.29. The first-order chi connectivity index (χ1) is 10.0. The van der Waals surface area contributed by atoms with E-state index in [9.17, 15) is 8.42 Å². The molecule has 1 aromatic carbocycles. The Morgan fingerprint density at radius 1 is 1.19 bits per heavy atom. The van der Waals surface area contributed by atoms with Gasteiger partial charge in [-0.1, -0.05) is 12.8 Å². The molecule has 1 aromatic heterocycles. The molecule has 0 saturated heterocycles. The maximum absolute atomic E-state index is 11.2. The van der Waals surface area contributed by atoms with Crippen molar-refractivity contribution in [2.24, 2.45) is 5.92 Å². The van der Waals surface area contributed by atoms with Crippen molar-refractivity contribution < 1.29 is 12.8 Å². The summed E-state index contributed by atoms with van der Waals surface area (Å²) < 4.78 is 28.2. The van der Waals surface area contributed by atoms with E-state index in [2.05, 4.69) is 4.98 Å². The minimum atomic E-state index is -3.69. The highest BCUT2D eigenvalue weighted by Gasteiger charge is 2.18. The van der Waals surface area contributed by atoms with Crippen LogP contribution in [0.4, 0.5) is 0 Å². The van der Waals surface area contributed by atoms with Crippen LogP contribution in [0.25, 0.3) is 11.3 Å². The molecular formula is C15H16ClNO3S. The van der Waals surface area contributed by atoms with Gasteiger partial charge in [0.05, 0.1) is 11.1 Å². The van der Waals surface area contributed by atoms with Gasteiger partial charge in [-0.25, -0.2) is 13.4 Å². The van der Waals surface area contributed by atoms with Crippen LogP contribution in [0.3, 0.4) is 0 Å². The molecule has 0 unspecified atom stereocenters. The molecule has 1 aliphatic rings. The van der Waals surface area contributed by atoms with Crippen LogP contribution < -0.4 is 0 Å². The largest absolute Gasteiger partial charge is 0.441 e. The minimum absolute atomic E-state index is 0.0820. The van der Waals surface area contributed by atoms with Crippen LogP contribution >= 0.6 is 10.7 Å². The summed E-state index contributed by atoms with van der Waals surface area (Å²) in [6.07, 6.45) is 7.67. The van der Waals surface area contributed by atoms with Crippen LogP contribution in [0.15, 0.2) is 39.8 Å². The van der Waals surface area contributed by atoms with E-state index in [0.717, 1.165) is 17.9 Å². The van der Waals surface area contributed by atoms with Gasteiger partial charge in [-0.15, -0.1) is 0 Å². The lowest BCUT2D eigenvalue weighted by molar-refractivity contribution is 0.437. The maximum atomic E-state index is 11.2. The topological polar surface area (TPSA) is 60.2 Å². The zero-order valence-electron chi connectivity index (χ0n) is 11.5. The molecule has 0 atom stereocenters. The molecule has 0 radical (unpaired) electrons. The molecule has 6 heteroatoms. The summed E-state index contributed by atoms with van der Waals surface area (Å²) in [5, 5.41) is 0. The molecule has 21 heavy (non-hydrogen) atoms. The van der Waals surface area contributed by atoms with Gasteiger partial charge in [-0.3, -0.25) is 0 Å². The molecule has 3 rings (SSSR count). The van der Waals surface area contributed by atoms with E-state index in [-0.39, 0.29) is 4.90 Å². The average Bonchev–Trinajstić information content (AvgIpc) is 3.10. The Bertz CT molecular complexity index is 716. The van der Waals surface area contributed by atoms with Gasteiger partial charge in [0.2, 0.25) is 0 Å². The fourth-order valence-corrected chi connectivity index (χ4v) is 3.55. The first-order valence-corrected chi connectivity index (χ1v) is 9.33. The minimum Gasteiger partial charge on any atom is -0.441 e. The number of hydrogen-bond donors (Lipinski definition) is 0. The molecule has 1 fully saturated rings. The molecule has 1 heterocycles. The van der Waals surface area contributed by atoms with Crippen LogP contribution in [-0.4, -0.2) is 13.4 Å². The van der Waals surface area contributed by atoms with Crippen LogP contribution in [-0.2, 0) is 15.5 Å². The van der Waals surface area contributed by atoms with Crippen LogP contribution in [0, 0.1) is 5.92 Å². The van der Waals surface area contributed by atoms with Gasteiger partial charge in [0, 0.05) is 22.7 Å².